The second-order valence-electron chi connectivity index (χ2n) is 5.06. The summed E-state index contributed by atoms with van der Waals surface area (Å²) in [6, 6.07) is 5.54. The number of halogens is 2. The van der Waals surface area contributed by atoms with Crippen molar-refractivity contribution in [3.05, 3.63) is 27.7 Å². The van der Waals surface area contributed by atoms with Crippen LogP contribution in [0.5, 0.6) is 5.75 Å². The van der Waals surface area contributed by atoms with Gasteiger partial charge in [-0.05, 0) is 47.0 Å². The molecule has 0 saturated carbocycles. The molecule has 118 valence electrons. The maximum absolute atomic E-state index is 8.75. The molecule has 1 aromatic carbocycles. The lowest BCUT2D eigenvalue weighted by Crippen LogP contribution is -2.39. The number of hydrogen-bond acceptors (Lipinski definition) is 4. The molecule has 1 heterocycles. The van der Waals surface area contributed by atoms with Gasteiger partial charge in [0.05, 0.1) is 23.8 Å². The van der Waals surface area contributed by atoms with E-state index in [1.807, 2.05) is 18.2 Å². The van der Waals surface area contributed by atoms with Crippen LogP contribution in [0.1, 0.15) is 12.8 Å². The van der Waals surface area contributed by atoms with Gasteiger partial charge < -0.3 is 14.6 Å². The number of ether oxygens (including phenoxy) is 2. The highest BCUT2D eigenvalue weighted by atomic mass is 79.9. The third-order valence-corrected chi connectivity index (χ3v) is 4.39. The van der Waals surface area contributed by atoms with Gasteiger partial charge in [-0.15, -0.1) is 0 Å². The zero-order chi connectivity index (χ0) is 15.1. The number of aliphatic hydroxyl groups is 1. The van der Waals surface area contributed by atoms with Gasteiger partial charge in [0, 0.05) is 24.7 Å². The number of nitrogens with zero attached hydrogens (tertiary/aromatic N) is 1. The van der Waals surface area contributed by atoms with Gasteiger partial charge in [0.25, 0.3) is 0 Å². The van der Waals surface area contributed by atoms with Gasteiger partial charge in [-0.1, -0.05) is 11.6 Å². The zero-order valence-corrected chi connectivity index (χ0v) is 14.3. The normalized spacial score (nSPS) is 17.1. The highest BCUT2D eigenvalue weighted by molar-refractivity contribution is 9.10. The standard InChI is InChI=1S/C15H21BrClNO3/c16-14-11-12(17)1-2-15(14)21-9-7-18-5-3-13(4-6-18)20-10-8-19/h1-2,11,13,19H,3-10H2. The minimum Gasteiger partial charge on any atom is -0.491 e. The Bertz CT molecular complexity index is 439. The molecule has 1 aliphatic heterocycles. The average molecular weight is 379 g/mol. The highest BCUT2D eigenvalue weighted by Gasteiger charge is 2.19. The first kappa shape index (κ1) is 17.0. The minimum absolute atomic E-state index is 0.101. The van der Waals surface area contributed by atoms with Crippen molar-refractivity contribution in [2.24, 2.45) is 0 Å². The number of rotatable bonds is 7. The van der Waals surface area contributed by atoms with Crippen molar-refractivity contribution in [2.45, 2.75) is 18.9 Å². The monoisotopic (exact) mass is 377 g/mol. The molecule has 4 nitrogen and oxygen atoms in total. The predicted octanol–water partition coefficient (Wildman–Crippen LogP) is 2.95. The van der Waals surface area contributed by atoms with Crippen LogP contribution in [0.3, 0.4) is 0 Å². The van der Waals surface area contributed by atoms with Crippen molar-refractivity contribution in [3.8, 4) is 5.75 Å². The number of hydrogen-bond donors (Lipinski definition) is 1. The van der Waals surface area contributed by atoms with Crippen LogP contribution in [0.2, 0.25) is 5.02 Å². The molecule has 1 aromatic rings. The van der Waals surface area contributed by atoms with E-state index in [1.165, 1.54) is 0 Å². The number of likely N-dealkylation sites (tertiary alicyclic amines) is 1. The summed E-state index contributed by atoms with van der Waals surface area (Å²) in [7, 11) is 0. The largest absolute Gasteiger partial charge is 0.491 e. The third kappa shape index (κ3) is 5.75. The topological polar surface area (TPSA) is 41.9 Å². The smallest absolute Gasteiger partial charge is 0.133 e. The van der Waals surface area contributed by atoms with Crippen LogP contribution in [-0.2, 0) is 4.74 Å². The van der Waals surface area contributed by atoms with E-state index >= 15 is 0 Å². The molecule has 0 amide bonds. The Labute approximate surface area is 139 Å². The summed E-state index contributed by atoms with van der Waals surface area (Å²) < 4.78 is 12.2. The van der Waals surface area contributed by atoms with Crippen molar-refractivity contribution in [1.82, 2.24) is 4.90 Å². The Morgan fingerprint density at radius 3 is 2.71 bits per heavy atom. The molecule has 0 atom stereocenters. The van der Waals surface area contributed by atoms with Crippen LogP contribution in [0.25, 0.3) is 0 Å². The fourth-order valence-electron chi connectivity index (χ4n) is 2.40. The summed E-state index contributed by atoms with van der Waals surface area (Å²) in [5.41, 5.74) is 0. The molecule has 2 rings (SSSR count). The molecule has 1 saturated heterocycles. The van der Waals surface area contributed by atoms with Crippen molar-refractivity contribution in [1.29, 1.82) is 0 Å². The Morgan fingerprint density at radius 1 is 1.29 bits per heavy atom. The maximum Gasteiger partial charge on any atom is 0.133 e. The van der Waals surface area contributed by atoms with Crippen molar-refractivity contribution in [3.63, 3.8) is 0 Å². The quantitative estimate of drug-likeness (QED) is 0.792. The summed E-state index contributed by atoms with van der Waals surface area (Å²) in [6.45, 7) is 4.13. The Balaban J connectivity index is 1.66. The fraction of sp³-hybridized carbons (Fsp3) is 0.600. The minimum atomic E-state index is 0.101. The van der Waals surface area contributed by atoms with E-state index in [0.717, 1.165) is 42.7 Å². The molecule has 1 N–H and O–H groups in total. The van der Waals surface area contributed by atoms with E-state index in [2.05, 4.69) is 20.8 Å². The van der Waals surface area contributed by atoms with Crippen molar-refractivity contribution >= 4 is 27.5 Å². The van der Waals surface area contributed by atoms with Gasteiger partial charge in [0.2, 0.25) is 0 Å². The molecule has 21 heavy (non-hydrogen) atoms. The summed E-state index contributed by atoms with van der Waals surface area (Å²) >= 11 is 9.35. The zero-order valence-electron chi connectivity index (χ0n) is 11.9. The molecular formula is C15H21BrClNO3. The Morgan fingerprint density at radius 2 is 2.05 bits per heavy atom. The molecule has 0 unspecified atom stereocenters. The molecule has 0 radical (unpaired) electrons. The van der Waals surface area contributed by atoms with Gasteiger partial charge in [0.1, 0.15) is 12.4 Å². The van der Waals surface area contributed by atoms with Gasteiger partial charge in [-0.2, -0.15) is 0 Å². The fourth-order valence-corrected chi connectivity index (χ4v) is 3.19. The van der Waals surface area contributed by atoms with Gasteiger partial charge in [-0.25, -0.2) is 0 Å². The number of benzene rings is 1. The van der Waals surface area contributed by atoms with Crippen LogP contribution in [0, 0.1) is 0 Å². The third-order valence-electron chi connectivity index (χ3n) is 3.54. The van der Waals surface area contributed by atoms with E-state index in [4.69, 9.17) is 26.2 Å². The van der Waals surface area contributed by atoms with Crippen LogP contribution in [0.15, 0.2) is 22.7 Å². The first-order chi connectivity index (χ1) is 10.2. The van der Waals surface area contributed by atoms with Gasteiger partial charge >= 0.3 is 0 Å². The number of piperidine rings is 1. The van der Waals surface area contributed by atoms with E-state index in [-0.39, 0.29) is 6.61 Å². The van der Waals surface area contributed by atoms with Crippen LogP contribution in [0.4, 0.5) is 0 Å². The molecule has 1 aliphatic rings. The summed E-state index contributed by atoms with van der Waals surface area (Å²) in [6.07, 6.45) is 2.33. The van der Waals surface area contributed by atoms with Crippen LogP contribution >= 0.6 is 27.5 Å². The lowest BCUT2D eigenvalue weighted by Gasteiger charge is -2.31. The molecule has 0 aliphatic carbocycles. The molecule has 0 aromatic heterocycles. The Hall–Kier alpha value is -0.330. The van der Waals surface area contributed by atoms with Crippen LogP contribution < -0.4 is 4.74 Å². The average Bonchev–Trinajstić information content (AvgIpc) is 2.48. The highest BCUT2D eigenvalue weighted by Crippen LogP contribution is 2.27. The molecule has 6 heteroatoms. The van der Waals surface area contributed by atoms with Crippen molar-refractivity contribution in [2.75, 3.05) is 39.5 Å². The van der Waals surface area contributed by atoms with E-state index < -0.39 is 0 Å². The molecule has 1 fully saturated rings. The van der Waals surface area contributed by atoms with E-state index in [0.29, 0.717) is 24.3 Å². The Kier molecular flexibility index (Phi) is 7.26. The lowest BCUT2D eigenvalue weighted by atomic mass is 10.1. The predicted molar refractivity (Wildman–Crippen MR) is 87.1 cm³/mol. The molecule has 0 bridgehead atoms. The van der Waals surface area contributed by atoms with E-state index in [9.17, 15) is 0 Å². The first-order valence-corrected chi connectivity index (χ1v) is 8.39. The van der Waals surface area contributed by atoms with Crippen LogP contribution in [-0.4, -0.2) is 55.6 Å². The van der Waals surface area contributed by atoms with Gasteiger partial charge in [-0.3, -0.25) is 4.90 Å². The summed E-state index contributed by atoms with van der Waals surface area (Å²) in [4.78, 5) is 2.38. The molecule has 0 spiro atoms. The first-order valence-electron chi connectivity index (χ1n) is 7.21. The SMILES string of the molecule is OCCOC1CCN(CCOc2ccc(Cl)cc2Br)CC1. The maximum atomic E-state index is 8.75. The second-order valence-corrected chi connectivity index (χ2v) is 6.35. The number of aliphatic hydroxyl groups excluding tert-OH is 1. The summed E-state index contributed by atoms with van der Waals surface area (Å²) in [5, 5.41) is 9.44. The second kappa shape index (κ2) is 8.96. The molecular weight excluding hydrogens is 358 g/mol. The lowest BCUT2D eigenvalue weighted by molar-refractivity contribution is -0.00924. The van der Waals surface area contributed by atoms with Gasteiger partial charge in [0.15, 0.2) is 0 Å². The summed E-state index contributed by atoms with van der Waals surface area (Å²) in [5.74, 6) is 0.820. The van der Waals surface area contributed by atoms with Crippen molar-refractivity contribution < 1.29 is 14.6 Å². The van der Waals surface area contributed by atoms with E-state index in [1.54, 1.807) is 0 Å².